The van der Waals surface area contributed by atoms with Crippen LogP contribution in [0.15, 0.2) is 51.8 Å². The third-order valence-corrected chi connectivity index (χ3v) is 6.40. The van der Waals surface area contributed by atoms with Gasteiger partial charge < -0.3 is 19.7 Å². The largest absolute Gasteiger partial charge is 0.497 e. The number of nitrogens with one attached hydrogen (secondary N) is 1. The van der Waals surface area contributed by atoms with Crippen molar-refractivity contribution in [1.82, 2.24) is 4.90 Å². The molecule has 1 aliphatic rings. The second-order valence-electron chi connectivity index (χ2n) is 7.26. The standard InChI is InChI=1S/C22H27N3O5S/c1-25-13-6-4-5-10-21(25)24-31(27,28)18-9-7-8-16(14-18)23-22(26)19-15-17(29-2)11-12-20(19)30-3/h7-9,11-12,14-15H,4-6,10,13H2,1-3H3,(H,23,26)/b24-21-. The zero-order valence-corrected chi connectivity index (χ0v) is 18.7. The van der Waals surface area contributed by atoms with E-state index in [1.54, 1.807) is 30.3 Å². The number of benzene rings is 2. The zero-order valence-electron chi connectivity index (χ0n) is 17.9. The van der Waals surface area contributed by atoms with Crippen LogP contribution in [0.1, 0.15) is 36.0 Å². The van der Waals surface area contributed by atoms with Crippen molar-refractivity contribution in [2.45, 2.75) is 30.6 Å². The average molecular weight is 446 g/mol. The minimum absolute atomic E-state index is 0.0213. The van der Waals surface area contributed by atoms with Gasteiger partial charge in [-0.2, -0.15) is 8.42 Å². The van der Waals surface area contributed by atoms with E-state index in [0.717, 1.165) is 25.8 Å². The van der Waals surface area contributed by atoms with Crippen molar-refractivity contribution in [1.29, 1.82) is 0 Å². The normalized spacial score (nSPS) is 16.0. The van der Waals surface area contributed by atoms with Gasteiger partial charge in [0.15, 0.2) is 0 Å². The van der Waals surface area contributed by atoms with Crippen molar-refractivity contribution in [2.24, 2.45) is 4.40 Å². The number of methoxy groups -OCH3 is 2. The van der Waals surface area contributed by atoms with Crippen molar-refractivity contribution in [2.75, 3.05) is 33.1 Å². The molecular formula is C22H27N3O5S. The third kappa shape index (κ3) is 5.55. The predicted molar refractivity (Wildman–Crippen MR) is 120 cm³/mol. The number of likely N-dealkylation sites (tertiary alicyclic amines) is 1. The van der Waals surface area contributed by atoms with Crippen LogP contribution in [0.25, 0.3) is 0 Å². The molecule has 166 valence electrons. The highest BCUT2D eigenvalue weighted by Gasteiger charge is 2.20. The van der Waals surface area contributed by atoms with Gasteiger partial charge >= 0.3 is 0 Å². The van der Waals surface area contributed by atoms with Gasteiger partial charge in [0.05, 0.1) is 24.7 Å². The van der Waals surface area contributed by atoms with Crippen molar-refractivity contribution >= 4 is 27.5 Å². The van der Waals surface area contributed by atoms with Crippen LogP contribution in [0.3, 0.4) is 0 Å². The van der Waals surface area contributed by atoms with Gasteiger partial charge in [0.1, 0.15) is 17.3 Å². The van der Waals surface area contributed by atoms with E-state index in [4.69, 9.17) is 9.47 Å². The number of ether oxygens (including phenoxy) is 2. The number of hydrogen-bond donors (Lipinski definition) is 1. The summed E-state index contributed by atoms with van der Waals surface area (Å²) < 4.78 is 40.3. The SMILES string of the molecule is COc1ccc(OC)c(C(=O)Nc2cccc(S(=O)(=O)/N=C3/CCCCCN3C)c2)c1. The molecule has 1 amide bonds. The number of carbonyl (C=O) groups is 1. The van der Waals surface area contributed by atoms with Crippen LogP contribution in [0.4, 0.5) is 5.69 Å². The van der Waals surface area contributed by atoms with Gasteiger partial charge in [0, 0.05) is 25.7 Å². The molecule has 2 aromatic carbocycles. The summed E-state index contributed by atoms with van der Waals surface area (Å²) in [6, 6.07) is 10.9. The number of rotatable bonds is 6. The summed E-state index contributed by atoms with van der Waals surface area (Å²) in [6.07, 6.45) is 3.61. The molecule has 0 aromatic heterocycles. The van der Waals surface area contributed by atoms with E-state index < -0.39 is 15.9 Å². The number of hydrogen-bond acceptors (Lipinski definition) is 5. The van der Waals surface area contributed by atoms with E-state index in [9.17, 15) is 13.2 Å². The number of amides is 1. The molecular weight excluding hydrogens is 418 g/mol. The number of sulfonamides is 1. The van der Waals surface area contributed by atoms with E-state index in [1.165, 1.54) is 26.4 Å². The molecule has 1 N–H and O–H groups in total. The molecule has 0 unspecified atom stereocenters. The molecule has 0 spiro atoms. The highest BCUT2D eigenvalue weighted by molar-refractivity contribution is 7.90. The molecule has 1 fully saturated rings. The third-order valence-electron chi connectivity index (χ3n) is 5.10. The van der Waals surface area contributed by atoms with Crippen LogP contribution >= 0.6 is 0 Å². The summed E-state index contributed by atoms with van der Waals surface area (Å²) in [5.74, 6) is 1.00. The zero-order chi connectivity index (χ0) is 22.4. The molecule has 8 nitrogen and oxygen atoms in total. The van der Waals surface area contributed by atoms with Gasteiger partial charge in [0.2, 0.25) is 0 Å². The van der Waals surface area contributed by atoms with Crippen molar-refractivity contribution in [3.63, 3.8) is 0 Å². The lowest BCUT2D eigenvalue weighted by molar-refractivity contribution is 0.102. The van der Waals surface area contributed by atoms with Gasteiger partial charge in [-0.05, 0) is 49.2 Å². The summed E-state index contributed by atoms with van der Waals surface area (Å²) in [6.45, 7) is 0.785. The highest BCUT2D eigenvalue weighted by atomic mass is 32.2. The fraction of sp³-hybridized carbons (Fsp3) is 0.364. The van der Waals surface area contributed by atoms with Gasteiger partial charge in [-0.25, -0.2) is 0 Å². The maximum Gasteiger partial charge on any atom is 0.284 e. The summed E-state index contributed by atoms with van der Waals surface area (Å²) in [5, 5.41) is 2.72. The lowest BCUT2D eigenvalue weighted by atomic mass is 10.1. The first-order valence-corrected chi connectivity index (χ1v) is 11.5. The molecule has 2 aromatic rings. The monoisotopic (exact) mass is 445 g/mol. The van der Waals surface area contributed by atoms with Crippen molar-refractivity contribution in [3.05, 3.63) is 48.0 Å². The number of amidine groups is 1. The van der Waals surface area contributed by atoms with Gasteiger partial charge in [0.25, 0.3) is 15.9 Å². The van der Waals surface area contributed by atoms with Crippen LogP contribution in [-0.2, 0) is 10.0 Å². The van der Waals surface area contributed by atoms with E-state index in [-0.39, 0.29) is 10.5 Å². The van der Waals surface area contributed by atoms with E-state index in [2.05, 4.69) is 9.71 Å². The Balaban J connectivity index is 1.86. The first-order chi connectivity index (χ1) is 14.8. The Morgan fingerprint density at radius 2 is 1.87 bits per heavy atom. The van der Waals surface area contributed by atoms with Crippen molar-refractivity contribution in [3.8, 4) is 11.5 Å². The molecule has 0 atom stereocenters. The molecule has 9 heteroatoms. The topological polar surface area (TPSA) is 97.3 Å². The Morgan fingerprint density at radius 1 is 1.06 bits per heavy atom. The molecule has 31 heavy (non-hydrogen) atoms. The maximum atomic E-state index is 12.9. The Bertz CT molecular complexity index is 1080. The van der Waals surface area contributed by atoms with Gasteiger partial charge in [-0.15, -0.1) is 4.40 Å². The van der Waals surface area contributed by atoms with Gasteiger partial charge in [-0.1, -0.05) is 12.5 Å². The first kappa shape index (κ1) is 22.6. The fourth-order valence-electron chi connectivity index (χ4n) is 3.36. The fourth-order valence-corrected chi connectivity index (χ4v) is 4.50. The second kappa shape index (κ2) is 9.82. The van der Waals surface area contributed by atoms with Crippen LogP contribution in [0.5, 0.6) is 11.5 Å². The van der Waals surface area contributed by atoms with E-state index >= 15 is 0 Å². The lowest BCUT2D eigenvalue weighted by Crippen LogP contribution is -2.26. The quantitative estimate of drug-likeness (QED) is 0.730. The van der Waals surface area contributed by atoms with Crippen LogP contribution in [-0.4, -0.2) is 52.9 Å². The summed E-state index contributed by atoms with van der Waals surface area (Å²) in [4.78, 5) is 14.7. The van der Waals surface area contributed by atoms with Crippen LogP contribution < -0.4 is 14.8 Å². The Morgan fingerprint density at radius 3 is 2.61 bits per heavy atom. The van der Waals surface area contributed by atoms with Crippen molar-refractivity contribution < 1.29 is 22.7 Å². The highest BCUT2D eigenvalue weighted by Crippen LogP contribution is 2.26. The minimum atomic E-state index is -3.91. The molecule has 1 aliphatic heterocycles. The van der Waals surface area contributed by atoms with Gasteiger partial charge in [-0.3, -0.25) is 4.79 Å². The second-order valence-corrected chi connectivity index (χ2v) is 8.87. The van der Waals surface area contributed by atoms with E-state index in [0.29, 0.717) is 29.4 Å². The molecule has 0 bridgehead atoms. The minimum Gasteiger partial charge on any atom is -0.497 e. The molecule has 1 saturated heterocycles. The average Bonchev–Trinajstić information content (AvgIpc) is 2.97. The molecule has 0 radical (unpaired) electrons. The Kier molecular flexibility index (Phi) is 7.17. The molecule has 0 aliphatic carbocycles. The Hall–Kier alpha value is -3.07. The summed E-state index contributed by atoms with van der Waals surface area (Å²) in [7, 11) is 0.927. The van der Waals surface area contributed by atoms with Crippen LogP contribution in [0.2, 0.25) is 0 Å². The number of carbonyl (C=O) groups excluding carboxylic acids is 1. The molecule has 0 saturated carbocycles. The Labute approximate surface area is 182 Å². The number of nitrogens with zero attached hydrogens (tertiary/aromatic N) is 2. The summed E-state index contributed by atoms with van der Waals surface area (Å²) >= 11 is 0. The molecule has 1 heterocycles. The lowest BCUT2D eigenvalue weighted by Gasteiger charge is -2.17. The maximum absolute atomic E-state index is 12.9. The predicted octanol–water partition coefficient (Wildman–Crippen LogP) is 3.55. The first-order valence-electron chi connectivity index (χ1n) is 10.0. The number of anilines is 1. The molecule has 3 rings (SSSR count). The smallest absolute Gasteiger partial charge is 0.284 e. The van der Waals surface area contributed by atoms with Crippen LogP contribution in [0, 0.1) is 0 Å². The van der Waals surface area contributed by atoms with E-state index in [1.807, 2.05) is 11.9 Å². The summed E-state index contributed by atoms with van der Waals surface area (Å²) in [5.41, 5.74) is 0.612.